The average molecular weight is 1160 g/mol. The Balaban J connectivity index is 0.000000138. The van der Waals surface area contributed by atoms with E-state index in [0.29, 0.717) is 31.1 Å². The summed E-state index contributed by atoms with van der Waals surface area (Å²) in [5.74, 6) is 2.68. The molecule has 0 atom stereocenters. The summed E-state index contributed by atoms with van der Waals surface area (Å²) in [4.78, 5) is 15.3. The number of rotatable bonds is 20. The molecule has 3 aromatic heterocycles. The first-order valence-corrected chi connectivity index (χ1v) is 30.8. The molecule has 0 radical (unpaired) electrons. The summed E-state index contributed by atoms with van der Waals surface area (Å²) in [5, 5.41) is 50.7. The average Bonchev–Trinajstić information content (AvgIpc) is 4.57. The molecule has 3 N–H and O–H groups in total. The molecule has 3 aliphatic carbocycles. The van der Waals surface area contributed by atoms with Crippen LogP contribution >= 0.6 is 35.3 Å². The fourth-order valence-corrected chi connectivity index (χ4v) is 12.3. The predicted octanol–water partition coefficient (Wildman–Crippen LogP) is 11.8. The summed E-state index contributed by atoms with van der Waals surface area (Å²) in [7, 11) is -4.28. The molecule has 3 fully saturated rings. The van der Waals surface area contributed by atoms with Crippen molar-refractivity contribution in [1.29, 1.82) is 15.8 Å². The minimum absolute atomic E-state index is 0.274. The normalized spacial score (nSPS) is 14.8. The van der Waals surface area contributed by atoms with Gasteiger partial charge < -0.3 is 5.11 Å². The summed E-state index contributed by atoms with van der Waals surface area (Å²) in [6.45, 7) is 4.01. The lowest BCUT2D eigenvalue weighted by Crippen LogP contribution is -2.09. The van der Waals surface area contributed by atoms with Crippen LogP contribution in [-0.2, 0) is 63.4 Å². The number of hydrogen-bond donors (Lipinski definition) is 3. The first-order chi connectivity index (χ1) is 39.7. The fourth-order valence-electron chi connectivity index (χ4n) is 9.36. The quantitative estimate of drug-likeness (QED) is 0.0474. The van der Waals surface area contributed by atoms with Crippen LogP contribution in [0.25, 0.3) is 0 Å². The van der Waals surface area contributed by atoms with Crippen molar-refractivity contribution < 1.29 is 18.1 Å². The van der Waals surface area contributed by atoms with E-state index in [-0.39, 0.29) is 22.0 Å². The fraction of sp³-hybridized carbons (Fsp3) is 0.262. The third-order valence-corrected chi connectivity index (χ3v) is 18.1. The number of nitrogens with zero attached hydrogens (tertiary/aromatic N) is 12. The van der Waals surface area contributed by atoms with Crippen molar-refractivity contribution >= 4 is 51.3 Å². The number of hydrogen-bond acceptors (Lipinski definition) is 15. The summed E-state index contributed by atoms with van der Waals surface area (Å²) in [5.41, 5.74) is 10.9. The second-order valence-corrected chi connectivity index (χ2v) is 25.1. The molecule has 6 aromatic carbocycles. The number of nitrogens with one attached hydrogen (secondary N) is 1. The van der Waals surface area contributed by atoms with Crippen LogP contribution in [0.5, 0.6) is 5.75 Å². The van der Waals surface area contributed by atoms with E-state index in [1.165, 1.54) is 39.8 Å². The Morgan fingerprint density at radius 2 is 0.817 bits per heavy atom. The van der Waals surface area contributed by atoms with Crippen molar-refractivity contribution in [1.82, 2.24) is 44.3 Å². The van der Waals surface area contributed by atoms with Crippen LogP contribution in [0.2, 0.25) is 0 Å². The molecule has 0 aliphatic heterocycles. The predicted molar refractivity (Wildman–Crippen MR) is 316 cm³/mol. The molecular formula is C61H57N13O4S4. The molecule has 0 amide bonds. The van der Waals surface area contributed by atoms with Gasteiger partial charge in [0.05, 0.1) is 59.8 Å². The number of thioether (sulfide) groups is 3. The number of phenols is 1. The Labute approximate surface area is 489 Å². The molecule has 0 bridgehead atoms. The summed E-state index contributed by atoms with van der Waals surface area (Å²) >= 11 is 5.15. The molecule has 0 unspecified atom stereocenters. The molecule has 3 aliphatic rings. The monoisotopic (exact) mass is 1160 g/mol. The largest absolute Gasteiger partial charge is 0.508 e. The molecule has 0 spiro atoms. The van der Waals surface area contributed by atoms with E-state index in [1.807, 2.05) is 33.3 Å². The number of benzene rings is 6. The van der Waals surface area contributed by atoms with E-state index in [1.54, 1.807) is 94.6 Å². The van der Waals surface area contributed by atoms with Crippen LogP contribution in [0.15, 0.2) is 180 Å². The number of phenolic OH excluding ortho intramolecular Hbond substituents is 1. The smallest absolute Gasteiger partial charge is 0.357 e. The van der Waals surface area contributed by atoms with E-state index in [0.717, 1.165) is 93.2 Å². The molecule has 0 saturated heterocycles. The van der Waals surface area contributed by atoms with Gasteiger partial charge in [-0.3, -0.25) is 9.27 Å². The van der Waals surface area contributed by atoms with Gasteiger partial charge in [-0.1, -0.05) is 72.3 Å². The van der Waals surface area contributed by atoms with Crippen molar-refractivity contribution in [3.05, 3.63) is 221 Å². The highest BCUT2D eigenvalue weighted by atomic mass is 32.2. The van der Waals surface area contributed by atoms with Gasteiger partial charge >= 0.3 is 10.3 Å². The van der Waals surface area contributed by atoms with Gasteiger partial charge in [0.1, 0.15) is 43.7 Å². The maximum absolute atomic E-state index is 10.9. The van der Waals surface area contributed by atoms with Crippen LogP contribution in [0, 0.1) is 40.9 Å². The van der Waals surface area contributed by atoms with Gasteiger partial charge in [0.25, 0.3) is 0 Å². The van der Waals surface area contributed by atoms with Crippen molar-refractivity contribution in [2.24, 2.45) is 0 Å². The van der Waals surface area contributed by atoms with Gasteiger partial charge in [-0.25, -0.2) is 29.0 Å². The van der Waals surface area contributed by atoms with Gasteiger partial charge in [0, 0.05) is 31.9 Å². The summed E-state index contributed by atoms with van der Waals surface area (Å²) < 4.78 is 38.0. The molecule has 17 nitrogen and oxygen atoms in total. The number of aryl methyl sites for hydroxylation is 1. The first-order valence-electron chi connectivity index (χ1n) is 26.4. The molecule has 414 valence electrons. The molecule has 3 saturated carbocycles. The van der Waals surface area contributed by atoms with Crippen molar-refractivity contribution in [3.8, 4) is 24.0 Å². The molecule has 12 rings (SSSR count). The second-order valence-electron chi connectivity index (χ2n) is 20.7. The summed E-state index contributed by atoms with van der Waals surface area (Å²) in [6, 6.07) is 49.4. The molecule has 9 aromatic rings. The van der Waals surface area contributed by atoms with Crippen LogP contribution in [-0.4, -0.2) is 62.4 Å². The number of aromatic nitrogens is 9. The lowest BCUT2D eigenvalue weighted by molar-refractivity contribution is 0.475. The molecule has 21 heteroatoms. The van der Waals surface area contributed by atoms with E-state index in [9.17, 15) is 29.3 Å². The standard InChI is InChI=1S/C21H20N4S.C20H19N5O3S2.C20H18N4OS/c1-16-2-4-20(5-3-16)26-12-18-8-17(11-25-15-23-14-24-25)9-19(10-18)21(13-22)6-7-21;21-12-20(5-6-20)17-8-15(10-25-14-22-13-23-25)7-16(9-17)11-29-19-3-1-18(2-4-19)24-30(26,27)28;21-12-20(5-6-20)17-8-15(10-24-14-22-13-23-24)7-16(9-17)11-26-19-3-1-18(25)2-4-19/h2-5,8-10,14-15H,6-7,11-12H2,1H3;1-4,7-9,13-14,24H,5-6,10-11H2,(H,26,27,28);1-4,7-9,13-14,25H,5-6,10-11H2. The highest BCUT2D eigenvalue weighted by Gasteiger charge is 2.46. The Morgan fingerprint density at radius 3 is 1.11 bits per heavy atom. The third-order valence-electron chi connectivity index (χ3n) is 14.3. The molecule has 3 heterocycles. The minimum atomic E-state index is -4.28. The highest BCUT2D eigenvalue weighted by Crippen LogP contribution is 2.50. The van der Waals surface area contributed by atoms with Crippen LogP contribution in [0.4, 0.5) is 5.69 Å². The van der Waals surface area contributed by atoms with Crippen molar-refractivity contribution in [3.63, 3.8) is 0 Å². The van der Waals surface area contributed by atoms with Gasteiger partial charge in [-0.2, -0.15) is 39.5 Å². The number of aromatic hydroxyl groups is 1. The van der Waals surface area contributed by atoms with E-state index in [2.05, 4.69) is 134 Å². The van der Waals surface area contributed by atoms with Gasteiger partial charge in [-0.15, -0.1) is 35.3 Å². The summed E-state index contributed by atoms with van der Waals surface area (Å²) in [6.07, 6.45) is 15.2. The van der Waals surface area contributed by atoms with Crippen LogP contribution in [0.1, 0.15) is 94.2 Å². The van der Waals surface area contributed by atoms with E-state index in [4.69, 9.17) is 4.55 Å². The zero-order chi connectivity index (χ0) is 57.2. The van der Waals surface area contributed by atoms with E-state index >= 15 is 0 Å². The minimum Gasteiger partial charge on any atom is -0.508 e. The maximum atomic E-state index is 10.9. The van der Waals surface area contributed by atoms with Gasteiger partial charge in [0.15, 0.2) is 0 Å². The van der Waals surface area contributed by atoms with Gasteiger partial charge in [-0.05, 0) is 156 Å². The lowest BCUT2D eigenvalue weighted by Gasteiger charge is -2.13. The van der Waals surface area contributed by atoms with Crippen LogP contribution < -0.4 is 4.72 Å². The zero-order valence-corrected chi connectivity index (χ0v) is 48.1. The lowest BCUT2D eigenvalue weighted by atomic mass is 9.94. The van der Waals surface area contributed by atoms with Crippen molar-refractivity contribution in [2.75, 3.05) is 4.72 Å². The second kappa shape index (κ2) is 25.3. The first kappa shape index (κ1) is 57.0. The van der Waals surface area contributed by atoms with Gasteiger partial charge in [0.2, 0.25) is 0 Å². The SMILES string of the molecule is Cc1ccc(SCc2cc(Cn3cncn3)cc(C3(C#N)CC3)c2)cc1.N#CC1(c2cc(CSc3ccc(NS(=O)(=O)O)cc3)cc(Cn3cncn3)c2)CC1.N#CC1(c2cc(CSc3ccc(O)cc3)cc(Cn3cncn3)c2)CC1. The Kier molecular flexibility index (Phi) is 17.6. The topological polar surface area (TPSA) is 250 Å². The Morgan fingerprint density at radius 1 is 0.500 bits per heavy atom. The molecule has 82 heavy (non-hydrogen) atoms. The number of nitriles is 3. The van der Waals surface area contributed by atoms with Crippen molar-refractivity contribution in [2.45, 2.75) is 113 Å². The third kappa shape index (κ3) is 15.4. The van der Waals surface area contributed by atoms with Crippen LogP contribution in [0.3, 0.4) is 0 Å². The highest BCUT2D eigenvalue weighted by molar-refractivity contribution is 7.99. The maximum Gasteiger partial charge on any atom is 0.357 e. The zero-order valence-electron chi connectivity index (χ0n) is 44.8. The molecular weight excluding hydrogens is 1110 g/mol. The van der Waals surface area contributed by atoms with E-state index < -0.39 is 10.3 Å². The Hall–Kier alpha value is -8.23. The number of anilines is 1. The Bertz CT molecular complexity index is 3710.